The average molecular weight is 293 g/mol. The van der Waals surface area contributed by atoms with Gasteiger partial charge in [-0.3, -0.25) is 0 Å². The highest BCUT2D eigenvalue weighted by Crippen LogP contribution is 2.19. The van der Waals surface area contributed by atoms with E-state index in [-0.39, 0.29) is 0 Å². The summed E-state index contributed by atoms with van der Waals surface area (Å²) in [5.41, 5.74) is 1.40. The molecule has 120 valence electrons. The molecule has 1 rings (SSSR count). The molecule has 0 aliphatic rings. The van der Waals surface area contributed by atoms with Crippen LogP contribution in [-0.2, 0) is 9.47 Å². The van der Waals surface area contributed by atoms with Crippen molar-refractivity contribution in [1.82, 2.24) is 5.32 Å². The lowest BCUT2D eigenvalue weighted by Gasteiger charge is -2.19. The molecule has 3 heteroatoms. The van der Waals surface area contributed by atoms with Crippen LogP contribution < -0.4 is 5.32 Å². The van der Waals surface area contributed by atoms with Crippen molar-refractivity contribution in [1.29, 1.82) is 0 Å². The van der Waals surface area contributed by atoms with Gasteiger partial charge in [-0.15, -0.1) is 0 Å². The van der Waals surface area contributed by atoms with E-state index < -0.39 is 0 Å². The van der Waals surface area contributed by atoms with Gasteiger partial charge in [-0.1, -0.05) is 50.1 Å². The van der Waals surface area contributed by atoms with Crippen LogP contribution in [-0.4, -0.2) is 33.5 Å². The Morgan fingerprint density at radius 2 is 1.81 bits per heavy atom. The Morgan fingerprint density at radius 1 is 1.00 bits per heavy atom. The van der Waals surface area contributed by atoms with E-state index in [0.29, 0.717) is 19.3 Å². The molecule has 0 spiro atoms. The summed E-state index contributed by atoms with van der Waals surface area (Å²) in [6, 6.07) is 11.3. The highest BCUT2D eigenvalue weighted by Gasteiger charge is 2.09. The number of hydrogen-bond acceptors (Lipinski definition) is 3. The van der Waals surface area contributed by atoms with Crippen molar-refractivity contribution >= 4 is 0 Å². The minimum atomic E-state index is 0.487. The zero-order valence-electron chi connectivity index (χ0n) is 13.6. The van der Waals surface area contributed by atoms with E-state index in [9.17, 15) is 0 Å². The fourth-order valence-electron chi connectivity index (χ4n) is 2.33. The first-order valence-electron chi connectivity index (χ1n) is 8.23. The van der Waals surface area contributed by atoms with Crippen LogP contribution in [0.3, 0.4) is 0 Å². The van der Waals surface area contributed by atoms with Crippen molar-refractivity contribution in [3.05, 3.63) is 35.9 Å². The number of methoxy groups -OCH3 is 1. The molecule has 0 heterocycles. The summed E-state index contributed by atoms with van der Waals surface area (Å²) in [5.74, 6) is 0. The molecule has 0 radical (unpaired) electrons. The third-order valence-corrected chi connectivity index (χ3v) is 3.59. The van der Waals surface area contributed by atoms with E-state index >= 15 is 0 Å². The van der Waals surface area contributed by atoms with Crippen LogP contribution >= 0.6 is 0 Å². The Balaban J connectivity index is 2.18. The molecule has 0 bridgehead atoms. The van der Waals surface area contributed by atoms with Crippen molar-refractivity contribution in [2.45, 2.75) is 45.1 Å². The molecule has 0 aromatic heterocycles. The number of unbranched alkanes of at least 4 members (excludes halogenated alkanes) is 2. The molecular weight excluding hydrogens is 262 g/mol. The molecule has 0 aliphatic carbocycles. The van der Waals surface area contributed by atoms with Crippen LogP contribution in [0.4, 0.5) is 0 Å². The molecule has 0 fully saturated rings. The van der Waals surface area contributed by atoms with E-state index in [1.54, 1.807) is 7.11 Å². The molecule has 0 aliphatic heterocycles. The van der Waals surface area contributed by atoms with Gasteiger partial charge in [0.15, 0.2) is 0 Å². The monoisotopic (exact) mass is 293 g/mol. The van der Waals surface area contributed by atoms with E-state index in [1.165, 1.54) is 24.8 Å². The highest BCUT2D eigenvalue weighted by atomic mass is 16.5. The largest absolute Gasteiger partial charge is 0.382 e. The third-order valence-electron chi connectivity index (χ3n) is 3.59. The first-order valence-corrected chi connectivity index (χ1v) is 8.23. The normalized spacial score (nSPS) is 12.5. The molecule has 0 saturated heterocycles. The predicted molar refractivity (Wildman–Crippen MR) is 88.6 cm³/mol. The number of rotatable bonds is 13. The fourth-order valence-corrected chi connectivity index (χ4v) is 2.33. The summed E-state index contributed by atoms with van der Waals surface area (Å²) >= 11 is 0. The summed E-state index contributed by atoms with van der Waals surface area (Å²) in [6.45, 7) is 5.52. The lowest BCUT2D eigenvalue weighted by molar-refractivity contribution is 0.0687. The fraction of sp³-hybridized carbons (Fsp3) is 0.667. The van der Waals surface area contributed by atoms with E-state index in [0.717, 1.165) is 26.0 Å². The Bertz CT molecular complexity index is 329. The maximum Gasteiger partial charge on any atom is 0.0700 e. The molecule has 3 nitrogen and oxygen atoms in total. The zero-order valence-corrected chi connectivity index (χ0v) is 13.6. The van der Waals surface area contributed by atoms with Crippen LogP contribution in [0.2, 0.25) is 0 Å². The van der Waals surface area contributed by atoms with Crippen molar-refractivity contribution in [3.63, 3.8) is 0 Å². The maximum absolute atomic E-state index is 5.48. The van der Waals surface area contributed by atoms with Crippen molar-refractivity contribution in [2.24, 2.45) is 0 Å². The Hall–Kier alpha value is -0.900. The molecule has 0 amide bonds. The average Bonchev–Trinajstić information content (AvgIpc) is 2.53. The van der Waals surface area contributed by atoms with Gasteiger partial charge < -0.3 is 14.8 Å². The van der Waals surface area contributed by atoms with Crippen LogP contribution in [0.25, 0.3) is 0 Å². The van der Waals surface area contributed by atoms with E-state index in [4.69, 9.17) is 9.47 Å². The smallest absolute Gasteiger partial charge is 0.0700 e. The second-order valence-electron chi connectivity index (χ2n) is 5.37. The van der Waals surface area contributed by atoms with Crippen molar-refractivity contribution in [2.75, 3.05) is 33.5 Å². The minimum absolute atomic E-state index is 0.487. The quantitative estimate of drug-likeness (QED) is 0.559. The summed E-state index contributed by atoms with van der Waals surface area (Å²) in [5, 5.41) is 3.69. The maximum atomic E-state index is 5.48. The minimum Gasteiger partial charge on any atom is -0.382 e. The van der Waals surface area contributed by atoms with E-state index in [2.05, 4.69) is 42.6 Å². The van der Waals surface area contributed by atoms with Crippen LogP contribution in [0.5, 0.6) is 0 Å². The summed E-state index contributed by atoms with van der Waals surface area (Å²) < 4.78 is 10.4. The van der Waals surface area contributed by atoms with Gasteiger partial charge >= 0.3 is 0 Å². The van der Waals surface area contributed by atoms with Gasteiger partial charge in [0, 0.05) is 19.8 Å². The first-order chi connectivity index (χ1) is 10.4. The molecule has 1 unspecified atom stereocenters. The van der Waals surface area contributed by atoms with Crippen molar-refractivity contribution < 1.29 is 9.47 Å². The second-order valence-corrected chi connectivity index (χ2v) is 5.37. The van der Waals surface area contributed by atoms with Gasteiger partial charge in [-0.2, -0.15) is 0 Å². The Labute approximate surface area is 130 Å². The summed E-state index contributed by atoms with van der Waals surface area (Å²) in [7, 11) is 1.70. The first kappa shape index (κ1) is 18.1. The van der Waals surface area contributed by atoms with Gasteiger partial charge in [-0.25, -0.2) is 0 Å². The van der Waals surface area contributed by atoms with Gasteiger partial charge in [0.05, 0.1) is 13.2 Å². The van der Waals surface area contributed by atoms with E-state index in [1.807, 2.05) is 0 Å². The number of nitrogens with one attached hydrogen (secondary N) is 1. The molecule has 1 N–H and O–H groups in total. The van der Waals surface area contributed by atoms with Crippen LogP contribution in [0.15, 0.2) is 30.3 Å². The highest BCUT2D eigenvalue weighted by molar-refractivity contribution is 5.18. The molecule has 1 aromatic rings. The summed E-state index contributed by atoms with van der Waals surface area (Å²) in [6.07, 6.45) is 5.99. The van der Waals surface area contributed by atoms with Gasteiger partial charge in [0.1, 0.15) is 0 Å². The SMILES string of the molecule is CCCCC(NCCCCOCCOC)c1ccccc1. The molecule has 1 atom stereocenters. The predicted octanol–water partition coefficient (Wildman–Crippen LogP) is 3.95. The molecular formula is C18H31NO2. The van der Waals surface area contributed by atoms with Crippen LogP contribution in [0, 0.1) is 0 Å². The standard InChI is InChI=1S/C18H31NO2/c1-3-4-12-18(17-10-6-5-7-11-17)19-13-8-9-14-21-16-15-20-2/h5-7,10-11,18-19H,3-4,8-9,12-16H2,1-2H3. The zero-order chi connectivity index (χ0) is 15.2. The van der Waals surface area contributed by atoms with Crippen LogP contribution in [0.1, 0.15) is 50.6 Å². The van der Waals surface area contributed by atoms with Gasteiger partial charge in [0.25, 0.3) is 0 Å². The Morgan fingerprint density at radius 3 is 2.52 bits per heavy atom. The number of ether oxygens (including phenoxy) is 2. The van der Waals surface area contributed by atoms with Gasteiger partial charge in [0.2, 0.25) is 0 Å². The van der Waals surface area contributed by atoms with Crippen molar-refractivity contribution in [3.8, 4) is 0 Å². The number of hydrogen-bond donors (Lipinski definition) is 1. The second kappa shape index (κ2) is 12.8. The lowest BCUT2D eigenvalue weighted by Crippen LogP contribution is -2.22. The third kappa shape index (κ3) is 8.86. The number of benzene rings is 1. The summed E-state index contributed by atoms with van der Waals surface area (Å²) in [4.78, 5) is 0. The molecule has 1 aromatic carbocycles. The Kier molecular flexibility index (Phi) is 11.1. The lowest BCUT2D eigenvalue weighted by atomic mass is 10.0. The molecule has 21 heavy (non-hydrogen) atoms. The van der Waals surface area contributed by atoms with Gasteiger partial charge in [-0.05, 0) is 31.4 Å². The topological polar surface area (TPSA) is 30.5 Å². The molecule has 0 saturated carbocycles.